The van der Waals surface area contributed by atoms with Gasteiger partial charge < -0.3 is 4.74 Å². The van der Waals surface area contributed by atoms with Crippen LogP contribution in [0.3, 0.4) is 0 Å². The molecule has 1 aliphatic heterocycles. The van der Waals surface area contributed by atoms with Crippen LogP contribution in [-0.2, 0) is 0 Å². The van der Waals surface area contributed by atoms with E-state index < -0.39 is 0 Å². The van der Waals surface area contributed by atoms with Gasteiger partial charge in [-0.2, -0.15) is 0 Å². The lowest BCUT2D eigenvalue weighted by Crippen LogP contribution is -2.17. The van der Waals surface area contributed by atoms with E-state index in [1.165, 1.54) is 12.1 Å². The summed E-state index contributed by atoms with van der Waals surface area (Å²) in [5.74, 6) is 0.784. The first-order valence-electron chi connectivity index (χ1n) is 6.85. The lowest BCUT2D eigenvalue weighted by Gasteiger charge is -2.25. The summed E-state index contributed by atoms with van der Waals surface area (Å²) in [4.78, 5) is 12.5. The summed E-state index contributed by atoms with van der Waals surface area (Å²) < 4.78 is 19.4. The van der Waals surface area contributed by atoms with Gasteiger partial charge in [-0.3, -0.25) is 4.79 Å². The molecule has 0 N–H and O–H groups in total. The SMILES string of the molecule is O=C(CC1CCOc2ccccc21)c1ccc(F)cc1I. The number of fused-ring (bicyclic) bond motifs is 1. The zero-order valence-electron chi connectivity index (χ0n) is 11.3. The Labute approximate surface area is 136 Å². The number of ketones is 1. The minimum Gasteiger partial charge on any atom is -0.493 e. The highest BCUT2D eigenvalue weighted by Crippen LogP contribution is 2.36. The van der Waals surface area contributed by atoms with Crippen molar-refractivity contribution in [1.29, 1.82) is 0 Å². The summed E-state index contributed by atoms with van der Waals surface area (Å²) in [6.07, 6.45) is 1.27. The molecule has 0 aromatic heterocycles. The second kappa shape index (κ2) is 6.13. The minimum atomic E-state index is -0.313. The van der Waals surface area contributed by atoms with Crippen LogP contribution in [0.1, 0.15) is 34.7 Å². The molecule has 0 spiro atoms. The monoisotopic (exact) mass is 396 g/mol. The summed E-state index contributed by atoms with van der Waals surface area (Å²) in [7, 11) is 0. The Balaban J connectivity index is 1.83. The molecule has 1 atom stereocenters. The van der Waals surface area contributed by atoms with Crippen molar-refractivity contribution in [1.82, 2.24) is 0 Å². The summed E-state index contributed by atoms with van der Waals surface area (Å²) in [5.41, 5.74) is 1.69. The smallest absolute Gasteiger partial charge is 0.164 e. The average Bonchev–Trinajstić information content (AvgIpc) is 2.47. The second-order valence-electron chi connectivity index (χ2n) is 5.12. The highest BCUT2D eigenvalue weighted by atomic mass is 127. The van der Waals surface area contributed by atoms with Gasteiger partial charge in [-0.25, -0.2) is 4.39 Å². The Kier molecular flexibility index (Phi) is 4.24. The number of Topliss-reactive ketones (excluding diaryl/α,β-unsaturated/α-hetero) is 1. The van der Waals surface area contributed by atoms with Crippen LogP contribution in [0.4, 0.5) is 4.39 Å². The fourth-order valence-electron chi connectivity index (χ4n) is 2.68. The average molecular weight is 396 g/mol. The van der Waals surface area contributed by atoms with Crippen LogP contribution >= 0.6 is 22.6 Å². The highest BCUT2D eigenvalue weighted by molar-refractivity contribution is 14.1. The number of rotatable bonds is 3. The first-order valence-corrected chi connectivity index (χ1v) is 7.93. The van der Waals surface area contributed by atoms with Gasteiger partial charge in [0, 0.05) is 15.6 Å². The molecule has 0 aliphatic carbocycles. The van der Waals surface area contributed by atoms with E-state index in [1.54, 1.807) is 6.07 Å². The number of benzene rings is 2. The number of hydrogen-bond acceptors (Lipinski definition) is 2. The van der Waals surface area contributed by atoms with E-state index in [-0.39, 0.29) is 17.5 Å². The predicted molar refractivity (Wildman–Crippen MR) is 87.4 cm³/mol. The number of carbonyl (C=O) groups is 1. The van der Waals surface area contributed by atoms with Crippen LogP contribution in [0.15, 0.2) is 42.5 Å². The first-order chi connectivity index (χ1) is 10.1. The standard InChI is InChI=1S/C17H14FIO2/c18-12-5-6-14(15(19)10-12)16(20)9-11-7-8-21-17-4-2-1-3-13(11)17/h1-6,10-11H,7-9H2. The van der Waals surface area contributed by atoms with E-state index in [0.29, 0.717) is 22.2 Å². The highest BCUT2D eigenvalue weighted by Gasteiger charge is 2.24. The molecular weight excluding hydrogens is 382 g/mol. The van der Waals surface area contributed by atoms with Crippen LogP contribution in [-0.4, -0.2) is 12.4 Å². The van der Waals surface area contributed by atoms with Crippen LogP contribution in [0.5, 0.6) is 5.75 Å². The van der Waals surface area contributed by atoms with Crippen molar-refractivity contribution in [3.8, 4) is 5.75 Å². The Morgan fingerprint density at radius 1 is 1.29 bits per heavy atom. The first kappa shape index (κ1) is 14.5. The van der Waals surface area contributed by atoms with Crippen LogP contribution in [0, 0.1) is 9.39 Å². The summed E-state index contributed by atoms with van der Waals surface area (Å²) in [5, 5.41) is 0. The molecule has 2 aromatic carbocycles. The van der Waals surface area contributed by atoms with E-state index in [2.05, 4.69) is 0 Å². The molecule has 2 nitrogen and oxygen atoms in total. The molecule has 0 saturated heterocycles. The molecule has 1 heterocycles. The molecule has 108 valence electrons. The summed E-state index contributed by atoms with van der Waals surface area (Å²) in [6, 6.07) is 12.2. The van der Waals surface area contributed by atoms with Crippen LogP contribution < -0.4 is 4.74 Å². The maximum absolute atomic E-state index is 13.1. The Morgan fingerprint density at radius 3 is 2.90 bits per heavy atom. The quantitative estimate of drug-likeness (QED) is 0.561. The molecule has 3 rings (SSSR count). The van der Waals surface area contributed by atoms with E-state index in [1.807, 2.05) is 46.9 Å². The molecule has 4 heteroatoms. The van der Waals surface area contributed by atoms with E-state index in [0.717, 1.165) is 17.7 Å². The van der Waals surface area contributed by atoms with Crippen molar-refractivity contribution in [3.05, 3.63) is 63.0 Å². The van der Waals surface area contributed by atoms with Crippen LogP contribution in [0.2, 0.25) is 0 Å². The van der Waals surface area contributed by atoms with Gasteiger partial charge in [-0.05, 0) is 64.8 Å². The zero-order valence-corrected chi connectivity index (χ0v) is 13.5. The van der Waals surface area contributed by atoms with Gasteiger partial charge in [0.05, 0.1) is 6.61 Å². The normalized spacial score (nSPS) is 17.0. The van der Waals surface area contributed by atoms with Gasteiger partial charge >= 0.3 is 0 Å². The topological polar surface area (TPSA) is 26.3 Å². The van der Waals surface area contributed by atoms with Crippen molar-refractivity contribution in [2.75, 3.05) is 6.61 Å². The number of halogens is 2. The molecule has 0 fully saturated rings. The van der Waals surface area contributed by atoms with Crippen molar-refractivity contribution in [2.45, 2.75) is 18.8 Å². The number of ether oxygens (including phenoxy) is 1. The van der Waals surface area contributed by atoms with Gasteiger partial charge in [0.15, 0.2) is 5.78 Å². The zero-order chi connectivity index (χ0) is 14.8. The van der Waals surface area contributed by atoms with E-state index in [4.69, 9.17) is 4.74 Å². The maximum Gasteiger partial charge on any atom is 0.164 e. The fraction of sp³-hybridized carbons (Fsp3) is 0.235. The summed E-state index contributed by atoms with van der Waals surface area (Å²) >= 11 is 2.01. The van der Waals surface area contributed by atoms with Gasteiger partial charge in [-0.1, -0.05) is 18.2 Å². The molecular formula is C17H14FIO2. The number of carbonyl (C=O) groups excluding carboxylic acids is 1. The Morgan fingerprint density at radius 2 is 2.10 bits per heavy atom. The largest absolute Gasteiger partial charge is 0.493 e. The minimum absolute atomic E-state index is 0.0566. The number of para-hydroxylation sites is 1. The Bertz CT molecular complexity index is 684. The third-order valence-corrected chi connectivity index (χ3v) is 4.64. The molecule has 0 radical (unpaired) electrons. The van der Waals surface area contributed by atoms with Crippen molar-refractivity contribution >= 4 is 28.4 Å². The van der Waals surface area contributed by atoms with Crippen molar-refractivity contribution in [3.63, 3.8) is 0 Å². The van der Waals surface area contributed by atoms with Gasteiger partial charge in [-0.15, -0.1) is 0 Å². The Hall–Kier alpha value is -1.43. The lowest BCUT2D eigenvalue weighted by molar-refractivity contribution is 0.0965. The fourth-order valence-corrected chi connectivity index (χ4v) is 3.46. The van der Waals surface area contributed by atoms with Crippen LogP contribution in [0.25, 0.3) is 0 Å². The predicted octanol–water partition coefficient (Wildman–Crippen LogP) is 4.57. The number of hydrogen-bond donors (Lipinski definition) is 0. The third-order valence-electron chi connectivity index (χ3n) is 3.75. The lowest BCUT2D eigenvalue weighted by atomic mass is 9.87. The summed E-state index contributed by atoms with van der Waals surface area (Å²) in [6.45, 7) is 0.634. The van der Waals surface area contributed by atoms with Gasteiger partial charge in [0.1, 0.15) is 11.6 Å². The molecule has 0 bridgehead atoms. The molecule has 0 saturated carbocycles. The van der Waals surface area contributed by atoms with Crippen molar-refractivity contribution < 1.29 is 13.9 Å². The maximum atomic E-state index is 13.1. The third kappa shape index (κ3) is 3.10. The molecule has 1 aliphatic rings. The second-order valence-corrected chi connectivity index (χ2v) is 6.29. The van der Waals surface area contributed by atoms with E-state index in [9.17, 15) is 9.18 Å². The van der Waals surface area contributed by atoms with Gasteiger partial charge in [0.2, 0.25) is 0 Å². The van der Waals surface area contributed by atoms with E-state index >= 15 is 0 Å². The molecule has 1 unspecified atom stereocenters. The molecule has 21 heavy (non-hydrogen) atoms. The van der Waals surface area contributed by atoms with Crippen molar-refractivity contribution in [2.24, 2.45) is 0 Å². The molecule has 2 aromatic rings. The molecule has 0 amide bonds. The van der Waals surface area contributed by atoms with Gasteiger partial charge in [0.25, 0.3) is 0 Å².